The number of benzene rings is 4. The van der Waals surface area contributed by atoms with Crippen LogP contribution in [0, 0.1) is 0 Å². The van der Waals surface area contributed by atoms with Crippen molar-refractivity contribution >= 4 is 38.8 Å². The Hall–Kier alpha value is -6.79. The van der Waals surface area contributed by atoms with Gasteiger partial charge in [-0.15, -0.1) is 0 Å². The van der Waals surface area contributed by atoms with Crippen molar-refractivity contribution in [3.05, 3.63) is 170 Å². The van der Waals surface area contributed by atoms with E-state index in [2.05, 4.69) is 146 Å². The molecule has 1 aliphatic heterocycles. The topological polar surface area (TPSA) is 60.6 Å². The molecule has 6 heteroatoms. The SMILES string of the molecule is C1=Cc2c(c3ccccc3n2-c2ccc(-c3cc(-c4ccncc4)nc(-c4ccc(-n5c6ccccc6c6cnccc65)cc4)c3)cc2)CN1. The van der Waals surface area contributed by atoms with Gasteiger partial charge in [0.25, 0.3) is 0 Å². The van der Waals surface area contributed by atoms with Gasteiger partial charge in [0, 0.05) is 75.6 Å². The first-order valence-electron chi connectivity index (χ1n) is 16.8. The quantitative estimate of drug-likeness (QED) is 0.203. The van der Waals surface area contributed by atoms with Crippen molar-refractivity contribution in [2.45, 2.75) is 6.54 Å². The Morgan fingerprint density at radius 1 is 0.500 bits per heavy atom. The van der Waals surface area contributed by atoms with Crippen LogP contribution in [0.1, 0.15) is 11.3 Å². The van der Waals surface area contributed by atoms with Gasteiger partial charge in [0.1, 0.15) is 0 Å². The Morgan fingerprint density at radius 2 is 1.10 bits per heavy atom. The standard InChI is InChI=1S/C44H30N6/c1-3-7-41-35(5-1)37-27-46-23-19-43(37)49(41)33-13-9-29(10-14-33)32-25-39(48-40(26-32)31-17-21-45-22-18-31)30-11-15-34(16-12-30)50-42-8-4-2-6-36(42)38-28-47-24-20-44(38)50/h1-26,28,46H,27H2. The highest BCUT2D eigenvalue weighted by Gasteiger charge is 2.18. The number of nitrogens with one attached hydrogen (secondary N) is 1. The molecule has 0 fully saturated rings. The van der Waals surface area contributed by atoms with Crippen LogP contribution < -0.4 is 5.32 Å². The van der Waals surface area contributed by atoms with Crippen LogP contribution in [0.4, 0.5) is 0 Å². The summed E-state index contributed by atoms with van der Waals surface area (Å²) in [5, 5.41) is 7.01. The second-order valence-electron chi connectivity index (χ2n) is 12.6. The number of nitrogens with zero attached hydrogens (tertiary/aromatic N) is 5. The molecule has 0 unspecified atom stereocenters. The molecule has 9 aromatic rings. The Balaban J connectivity index is 1.07. The number of aromatic nitrogens is 5. The first-order valence-corrected chi connectivity index (χ1v) is 16.8. The third-order valence-corrected chi connectivity index (χ3v) is 9.81. The Bertz CT molecular complexity index is 2680. The third-order valence-electron chi connectivity index (χ3n) is 9.81. The Labute approximate surface area is 288 Å². The molecule has 5 aromatic heterocycles. The van der Waals surface area contributed by atoms with E-state index in [1.54, 1.807) is 0 Å². The minimum atomic E-state index is 0.825. The predicted octanol–water partition coefficient (Wildman–Crippen LogP) is 9.99. The number of hydrogen-bond acceptors (Lipinski definition) is 4. The van der Waals surface area contributed by atoms with Crippen LogP contribution in [0.5, 0.6) is 0 Å². The molecule has 6 heterocycles. The summed E-state index contributed by atoms with van der Waals surface area (Å²) in [6.45, 7) is 0.825. The lowest BCUT2D eigenvalue weighted by Crippen LogP contribution is -2.10. The minimum absolute atomic E-state index is 0.825. The van der Waals surface area contributed by atoms with Crippen LogP contribution in [0.15, 0.2) is 158 Å². The van der Waals surface area contributed by atoms with Gasteiger partial charge < -0.3 is 14.5 Å². The fraction of sp³-hybridized carbons (Fsp3) is 0.0227. The van der Waals surface area contributed by atoms with Crippen molar-refractivity contribution in [3.8, 4) is 45.0 Å². The lowest BCUT2D eigenvalue weighted by atomic mass is 10.00. The fourth-order valence-corrected chi connectivity index (χ4v) is 7.46. The summed E-state index contributed by atoms with van der Waals surface area (Å²) in [5.74, 6) is 0. The van der Waals surface area contributed by atoms with Crippen LogP contribution in [-0.2, 0) is 6.54 Å². The van der Waals surface area contributed by atoms with Crippen LogP contribution >= 0.6 is 0 Å². The third kappa shape index (κ3) is 4.54. The summed E-state index contributed by atoms with van der Waals surface area (Å²) in [6.07, 6.45) is 11.7. The molecule has 10 rings (SSSR count). The zero-order chi connectivity index (χ0) is 33.0. The normalized spacial score (nSPS) is 12.4. The zero-order valence-corrected chi connectivity index (χ0v) is 27.0. The van der Waals surface area contributed by atoms with Crippen molar-refractivity contribution in [1.29, 1.82) is 0 Å². The summed E-state index contributed by atoms with van der Waals surface area (Å²) < 4.78 is 4.67. The maximum atomic E-state index is 5.17. The lowest BCUT2D eigenvalue weighted by Gasteiger charge is -2.14. The van der Waals surface area contributed by atoms with Gasteiger partial charge in [0.15, 0.2) is 0 Å². The highest BCUT2D eigenvalue weighted by molar-refractivity contribution is 6.08. The second-order valence-corrected chi connectivity index (χ2v) is 12.6. The van der Waals surface area contributed by atoms with E-state index in [0.29, 0.717) is 0 Å². The molecule has 0 radical (unpaired) electrons. The monoisotopic (exact) mass is 642 g/mol. The van der Waals surface area contributed by atoms with Crippen molar-refractivity contribution in [3.63, 3.8) is 0 Å². The molecule has 0 atom stereocenters. The van der Waals surface area contributed by atoms with Gasteiger partial charge in [0.05, 0.1) is 33.6 Å². The molecule has 50 heavy (non-hydrogen) atoms. The van der Waals surface area contributed by atoms with Crippen molar-refractivity contribution in [1.82, 2.24) is 29.4 Å². The Kier molecular flexibility index (Phi) is 6.45. The van der Waals surface area contributed by atoms with Crippen LogP contribution in [0.2, 0.25) is 0 Å². The molecule has 0 amide bonds. The van der Waals surface area contributed by atoms with Gasteiger partial charge in [-0.1, -0.05) is 60.7 Å². The number of pyridine rings is 3. The van der Waals surface area contributed by atoms with Crippen molar-refractivity contribution < 1.29 is 0 Å². The minimum Gasteiger partial charge on any atom is -0.387 e. The number of hydrogen-bond donors (Lipinski definition) is 1. The maximum absolute atomic E-state index is 5.17. The summed E-state index contributed by atoms with van der Waals surface area (Å²) in [4.78, 5) is 13.8. The summed E-state index contributed by atoms with van der Waals surface area (Å²) >= 11 is 0. The molecular weight excluding hydrogens is 613 g/mol. The first-order chi connectivity index (χ1) is 24.8. The molecule has 0 spiro atoms. The highest BCUT2D eigenvalue weighted by Crippen LogP contribution is 2.36. The van der Waals surface area contributed by atoms with Crippen LogP contribution in [0.25, 0.3) is 83.8 Å². The average molecular weight is 643 g/mol. The summed E-state index contributed by atoms with van der Waals surface area (Å²) in [6, 6.07) is 45.2. The Morgan fingerprint density at radius 3 is 1.86 bits per heavy atom. The molecule has 0 bridgehead atoms. The number of para-hydroxylation sites is 2. The molecule has 4 aromatic carbocycles. The second kappa shape index (κ2) is 11.4. The maximum Gasteiger partial charge on any atom is 0.0716 e. The van der Waals surface area contributed by atoms with Gasteiger partial charge in [0.2, 0.25) is 0 Å². The highest BCUT2D eigenvalue weighted by atomic mass is 15.0. The van der Waals surface area contributed by atoms with Gasteiger partial charge in [-0.3, -0.25) is 9.97 Å². The average Bonchev–Trinajstić information content (AvgIpc) is 3.71. The van der Waals surface area contributed by atoms with Crippen molar-refractivity contribution in [2.75, 3.05) is 0 Å². The molecule has 1 aliphatic rings. The number of fused-ring (bicyclic) bond motifs is 6. The molecule has 0 saturated heterocycles. The van der Waals surface area contributed by atoms with E-state index >= 15 is 0 Å². The van der Waals surface area contributed by atoms with Gasteiger partial charge in [-0.2, -0.15) is 0 Å². The molecule has 6 nitrogen and oxygen atoms in total. The first kappa shape index (κ1) is 28.2. The largest absolute Gasteiger partial charge is 0.387 e. The van der Waals surface area contributed by atoms with Crippen LogP contribution in [0.3, 0.4) is 0 Å². The fourth-order valence-electron chi connectivity index (χ4n) is 7.46. The van der Waals surface area contributed by atoms with Gasteiger partial charge in [-0.25, -0.2) is 4.98 Å². The molecule has 0 saturated carbocycles. The van der Waals surface area contributed by atoms with Crippen molar-refractivity contribution in [2.24, 2.45) is 0 Å². The summed E-state index contributed by atoms with van der Waals surface area (Å²) in [5.41, 5.74) is 14.4. The van der Waals surface area contributed by atoms with E-state index < -0.39 is 0 Å². The summed E-state index contributed by atoms with van der Waals surface area (Å²) in [7, 11) is 0. The lowest BCUT2D eigenvalue weighted by molar-refractivity contribution is 0.855. The zero-order valence-electron chi connectivity index (χ0n) is 27.0. The van der Waals surface area contributed by atoms with Crippen LogP contribution in [-0.4, -0.2) is 24.1 Å². The smallest absolute Gasteiger partial charge is 0.0716 e. The molecule has 236 valence electrons. The molecule has 1 N–H and O–H groups in total. The number of rotatable bonds is 5. The van der Waals surface area contributed by atoms with E-state index in [9.17, 15) is 0 Å². The van der Waals surface area contributed by atoms with Gasteiger partial charge >= 0.3 is 0 Å². The molecule has 0 aliphatic carbocycles. The van der Waals surface area contributed by atoms with E-state index in [1.807, 2.05) is 43.1 Å². The van der Waals surface area contributed by atoms with E-state index in [0.717, 1.165) is 68.0 Å². The van der Waals surface area contributed by atoms with Gasteiger partial charge in [-0.05, 0) is 90.1 Å². The van der Waals surface area contributed by atoms with E-state index in [-0.39, 0.29) is 0 Å². The van der Waals surface area contributed by atoms with E-state index in [4.69, 9.17) is 4.98 Å². The molecular formula is C44H30N6. The predicted molar refractivity (Wildman–Crippen MR) is 203 cm³/mol. The van der Waals surface area contributed by atoms with E-state index in [1.165, 1.54) is 27.5 Å².